The number of piperidine rings is 1. The Morgan fingerprint density at radius 1 is 0.939 bits per heavy atom. The van der Waals surface area contributed by atoms with Crippen LogP contribution in [-0.4, -0.2) is 72.3 Å². The summed E-state index contributed by atoms with van der Waals surface area (Å²) >= 11 is 1.65. The number of carbonyl (C=O) groups is 2. The van der Waals surface area contributed by atoms with Gasteiger partial charge >= 0.3 is 0 Å². The van der Waals surface area contributed by atoms with E-state index in [9.17, 15) is 9.59 Å². The maximum Gasteiger partial charge on any atom is 0.227 e. The molecule has 1 atom stereocenters. The first-order valence-electron chi connectivity index (χ1n) is 12.2. The van der Waals surface area contributed by atoms with Crippen molar-refractivity contribution in [2.75, 3.05) is 45.8 Å². The van der Waals surface area contributed by atoms with Crippen LogP contribution in [-0.2, 0) is 16.0 Å². The zero-order valence-electron chi connectivity index (χ0n) is 19.2. The molecule has 1 aromatic heterocycles. The van der Waals surface area contributed by atoms with E-state index in [1.165, 1.54) is 5.56 Å². The SMILES string of the molecule is O=C(Cc1cccs1)N1CCC2(CC1)C[C@@H]2C(=O)N1CCN(C/C=C/c2ccccc2)CC1. The van der Waals surface area contributed by atoms with Gasteiger partial charge in [0.25, 0.3) is 0 Å². The molecule has 174 valence electrons. The molecule has 0 radical (unpaired) electrons. The highest BCUT2D eigenvalue weighted by Crippen LogP contribution is 2.60. The molecule has 3 heterocycles. The van der Waals surface area contributed by atoms with Crippen LogP contribution < -0.4 is 0 Å². The van der Waals surface area contributed by atoms with Crippen molar-refractivity contribution in [3.05, 3.63) is 64.4 Å². The number of hydrogen-bond donors (Lipinski definition) is 0. The average molecular weight is 464 g/mol. The Morgan fingerprint density at radius 2 is 1.70 bits per heavy atom. The second-order valence-corrected chi connectivity index (χ2v) is 10.7. The number of piperazine rings is 1. The molecule has 5 rings (SSSR count). The fraction of sp³-hybridized carbons (Fsp3) is 0.481. The number of hydrogen-bond acceptors (Lipinski definition) is 4. The fourth-order valence-electron chi connectivity index (χ4n) is 5.40. The summed E-state index contributed by atoms with van der Waals surface area (Å²) in [6.45, 7) is 6.07. The van der Waals surface area contributed by atoms with Gasteiger partial charge in [0.1, 0.15) is 0 Å². The van der Waals surface area contributed by atoms with Crippen molar-refractivity contribution in [1.29, 1.82) is 0 Å². The first-order chi connectivity index (χ1) is 16.1. The van der Waals surface area contributed by atoms with Crippen LogP contribution in [0, 0.1) is 11.3 Å². The van der Waals surface area contributed by atoms with E-state index in [0.717, 1.165) is 70.0 Å². The molecular formula is C27H33N3O2S. The van der Waals surface area contributed by atoms with E-state index in [0.29, 0.717) is 12.3 Å². The summed E-state index contributed by atoms with van der Waals surface area (Å²) in [6, 6.07) is 14.4. The second kappa shape index (κ2) is 9.82. The van der Waals surface area contributed by atoms with Crippen LogP contribution in [0.5, 0.6) is 0 Å². The van der Waals surface area contributed by atoms with Gasteiger partial charge in [-0.15, -0.1) is 11.3 Å². The van der Waals surface area contributed by atoms with Crippen molar-refractivity contribution in [2.24, 2.45) is 11.3 Å². The monoisotopic (exact) mass is 463 g/mol. The fourth-order valence-corrected chi connectivity index (χ4v) is 6.09. The van der Waals surface area contributed by atoms with Crippen LogP contribution in [0.1, 0.15) is 29.7 Å². The highest BCUT2D eigenvalue weighted by molar-refractivity contribution is 7.10. The molecule has 2 aliphatic heterocycles. The van der Waals surface area contributed by atoms with Crippen LogP contribution in [0.25, 0.3) is 6.08 Å². The van der Waals surface area contributed by atoms with Gasteiger partial charge in [-0.25, -0.2) is 0 Å². The van der Waals surface area contributed by atoms with Crippen LogP contribution in [0.15, 0.2) is 53.9 Å². The number of likely N-dealkylation sites (tertiary alicyclic amines) is 1. The molecule has 6 heteroatoms. The molecule has 1 saturated carbocycles. The highest BCUT2D eigenvalue weighted by atomic mass is 32.1. The molecule has 5 nitrogen and oxygen atoms in total. The molecule has 33 heavy (non-hydrogen) atoms. The minimum atomic E-state index is 0.159. The largest absolute Gasteiger partial charge is 0.342 e. The molecular weight excluding hydrogens is 430 g/mol. The van der Waals surface area contributed by atoms with Crippen molar-refractivity contribution in [3.63, 3.8) is 0 Å². The lowest BCUT2D eigenvalue weighted by Crippen LogP contribution is -2.49. The lowest BCUT2D eigenvalue weighted by molar-refractivity contribution is -0.135. The minimum absolute atomic E-state index is 0.159. The Bertz CT molecular complexity index is 972. The maximum absolute atomic E-state index is 13.2. The quantitative estimate of drug-likeness (QED) is 0.655. The van der Waals surface area contributed by atoms with Crippen LogP contribution in [0.3, 0.4) is 0 Å². The molecule has 3 aliphatic rings. The third kappa shape index (κ3) is 5.22. The third-order valence-electron chi connectivity index (χ3n) is 7.66. The standard InChI is InChI=1S/C27H33N3O2S/c31-25(20-23-9-5-19-33-23)29-13-10-27(11-14-29)21-24(27)26(32)30-17-15-28(16-18-30)12-4-8-22-6-2-1-3-7-22/h1-9,19,24H,10-18,20-21H2/b8-4+/t24-/m1/s1. The summed E-state index contributed by atoms with van der Waals surface area (Å²) in [7, 11) is 0. The summed E-state index contributed by atoms with van der Waals surface area (Å²) < 4.78 is 0. The normalized spacial score (nSPS) is 22.7. The average Bonchev–Trinajstić information content (AvgIpc) is 3.28. The number of thiophene rings is 1. The van der Waals surface area contributed by atoms with E-state index in [4.69, 9.17) is 0 Å². The second-order valence-electron chi connectivity index (χ2n) is 9.69. The molecule has 0 N–H and O–H groups in total. The molecule has 0 unspecified atom stereocenters. The van der Waals surface area contributed by atoms with Crippen molar-refractivity contribution in [1.82, 2.24) is 14.7 Å². The molecule has 2 aromatic rings. The van der Waals surface area contributed by atoms with Crippen molar-refractivity contribution >= 4 is 29.2 Å². The molecule has 1 aromatic carbocycles. The van der Waals surface area contributed by atoms with Gasteiger partial charge in [-0.2, -0.15) is 0 Å². The van der Waals surface area contributed by atoms with E-state index in [1.807, 2.05) is 28.5 Å². The zero-order valence-corrected chi connectivity index (χ0v) is 20.0. The first kappa shape index (κ1) is 22.4. The molecule has 2 amide bonds. The minimum Gasteiger partial charge on any atom is -0.342 e. The van der Waals surface area contributed by atoms with Crippen molar-refractivity contribution < 1.29 is 9.59 Å². The van der Waals surface area contributed by atoms with Crippen LogP contribution >= 0.6 is 11.3 Å². The van der Waals surface area contributed by atoms with Crippen LogP contribution in [0.2, 0.25) is 0 Å². The van der Waals surface area contributed by atoms with Gasteiger partial charge in [0, 0.05) is 56.6 Å². The Labute approximate surface area is 200 Å². The van der Waals surface area contributed by atoms with Gasteiger partial charge in [-0.05, 0) is 41.7 Å². The van der Waals surface area contributed by atoms with Crippen LogP contribution in [0.4, 0.5) is 0 Å². The van der Waals surface area contributed by atoms with E-state index < -0.39 is 0 Å². The van der Waals surface area contributed by atoms with Gasteiger partial charge in [-0.1, -0.05) is 48.6 Å². The Balaban J connectivity index is 1.04. The smallest absolute Gasteiger partial charge is 0.227 e. The lowest BCUT2D eigenvalue weighted by atomic mass is 9.90. The van der Waals surface area contributed by atoms with E-state index in [2.05, 4.69) is 46.2 Å². The predicted octanol–water partition coefficient (Wildman–Crippen LogP) is 3.78. The summed E-state index contributed by atoms with van der Waals surface area (Å²) in [6.07, 6.45) is 7.86. The van der Waals surface area contributed by atoms with Crippen molar-refractivity contribution in [2.45, 2.75) is 25.7 Å². The van der Waals surface area contributed by atoms with Gasteiger partial charge in [0.15, 0.2) is 0 Å². The number of amides is 2. The number of rotatable bonds is 6. The maximum atomic E-state index is 13.2. The topological polar surface area (TPSA) is 43.9 Å². The molecule has 1 aliphatic carbocycles. The third-order valence-corrected chi connectivity index (χ3v) is 8.54. The first-order valence-corrected chi connectivity index (χ1v) is 13.0. The molecule has 0 bridgehead atoms. The Hall–Kier alpha value is -2.44. The summed E-state index contributed by atoms with van der Waals surface area (Å²) in [5, 5.41) is 2.02. The number of nitrogens with zero attached hydrogens (tertiary/aromatic N) is 3. The van der Waals surface area contributed by atoms with E-state index in [1.54, 1.807) is 11.3 Å². The van der Waals surface area contributed by atoms with Gasteiger partial charge in [0.05, 0.1) is 6.42 Å². The molecule has 2 saturated heterocycles. The highest BCUT2D eigenvalue weighted by Gasteiger charge is 2.59. The number of carbonyl (C=O) groups excluding carboxylic acids is 2. The molecule has 1 spiro atoms. The van der Waals surface area contributed by atoms with Gasteiger partial charge in [0.2, 0.25) is 11.8 Å². The Morgan fingerprint density at radius 3 is 2.39 bits per heavy atom. The lowest BCUT2D eigenvalue weighted by Gasteiger charge is -2.36. The summed E-state index contributed by atoms with van der Waals surface area (Å²) in [5.41, 5.74) is 1.39. The van der Waals surface area contributed by atoms with E-state index in [-0.39, 0.29) is 17.2 Å². The predicted molar refractivity (Wildman–Crippen MR) is 133 cm³/mol. The van der Waals surface area contributed by atoms with Gasteiger partial charge in [-0.3, -0.25) is 14.5 Å². The zero-order chi connectivity index (χ0) is 22.7. The van der Waals surface area contributed by atoms with E-state index >= 15 is 0 Å². The van der Waals surface area contributed by atoms with Crippen molar-refractivity contribution in [3.8, 4) is 0 Å². The number of benzene rings is 1. The van der Waals surface area contributed by atoms with Gasteiger partial charge < -0.3 is 9.80 Å². The summed E-state index contributed by atoms with van der Waals surface area (Å²) in [5.74, 6) is 0.762. The summed E-state index contributed by atoms with van der Waals surface area (Å²) in [4.78, 5) is 33.4. The molecule has 3 fully saturated rings. The Kier molecular flexibility index (Phi) is 6.65.